The first-order valence-corrected chi connectivity index (χ1v) is 13.0. The largest absolute Gasteiger partial charge is 0.322 e. The third-order valence-electron chi connectivity index (χ3n) is 7.56. The van der Waals surface area contributed by atoms with E-state index >= 15 is 8.78 Å². The molecule has 36 heavy (non-hydrogen) atoms. The van der Waals surface area contributed by atoms with E-state index in [4.69, 9.17) is 0 Å². The highest BCUT2D eigenvalue weighted by Crippen LogP contribution is 2.38. The maximum atomic E-state index is 15.7. The Morgan fingerprint density at radius 3 is 2.67 bits per heavy atom. The summed E-state index contributed by atoms with van der Waals surface area (Å²) < 4.78 is 32.0. The summed E-state index contributed by atoms with van der Waals surface area (Å²) in [5, 5.41) is 2.22. The van der Waals surface area contributed by atoms with Crippen LogP contribution in [0.4, 0.5) is 8.78 Å². The summed E-state index contributed by atoms with van der Waals surface area (Å²) in [4.78, 5) is 44.5. The zero-order valence-corrected chi connectivity index (χ0v) is 20.2. The van der Waals surface area contributed by atoms with E-state index in [9.17, 15) is 14.4 Å². The fraction of sp³-hybridized carbons (Fsp3) is 0.385. The number of carbonyl (C=O) groups is 3. The Morgan fingerprint density at radius 1 is 1.08 bits per heavy atom. The lowest BCUT2D eigenvalue weighted by Gasteiger charge is -2.32. The maximum Gasteiger partial charge on any atom is 0.255 e. The number of rotatable bonds is 4. The monoisotopic (exact) mass is 510 g/mol. The van der Waals surface area contributed by atoms with Crippen molar-refractivity contribution >= 4 is 39.3 Å². The van der Waals surface area contributed by atoms with E-state index in [1.807, 2.05) is 5.51 Å². The van der Waals surface area contributed by atoms with Crippen molar-refractivity contribution in [2.24, 2.45) is 0 Å². The summed E-state index contributed by atoms with van der Waals surface area (Å²) in [5.41, 5.74) is 4.12. The van der Waals surface area contributed by atoms with Gasteiger partial charge < -0.3 is 4.90 Å². The highest BCUT2D eigenvalue weighted by molar-refractivity contribution is 7.16. The molecular formula is C26H24F2N4O3S. The number of benzene rings is 2. The number of fused-ring (bicyclic) bond motifs is 2. The van der Waals surface area contributed by atoms with Crippen LogP contribution in [-0.2, 0) is 22.7 Å². The standard InChI is InChI=1S/C26H24F2N4O3S/c27-18-10-16-17(12-32(26(16)35)20-2-4-22(33)30-25(20)34)24(28)23(18)15-5-7-31(8-6-15)11-14-1-3-21-19(9-14)29-13-36-21/h1,3,9-10,13,15,20H,2,4-8,11-12H2,(H,30,33,34). The van der Waals surface area contributed by atoms with E-state index in [1.165, 1.54) is 4.90 Å². The second-order valence-electron chi connectivity index (χ2n) is 9.72. The van der Waals surface area contributed by atoms with Gasteiger partial charge in [0.1, 0.15) is 17.7 Å². The minimum absolute atomic E-state index is 0.0340. The molecule has 1 aromatic heterocycles. The van der Waals surface area contributed by atoms with Gasteiger partial charge in [0.05, 0.1) is 27.8 Å². The average Bonchev–Trinajstić information content (AvgIpc) is 3.45. The van der Waals surface area contributed by atoms with Crippen LogP contribution in [0.3, 0.4) is 0 Å². The number of hydrogen-bond donors (Lipinski definition) is 1. The molecule has 186 valence electrons. The lowest BCUT2D eigenvalue weighted by Crippen LogP contribution is -2.52. The van der Waals surface area contributed by atoms with Gasteiger partial charge in [0.2, 0.25) is 11.8 Å². The van der Waals surface area contributed by atoms with Gasteiger partial charge >= 0.3 is 0 Å². The molecule has 3 aliphatic heterocycles. The zero-order valence-electron chi connectivity index (χ0n) is 19.4. The van der Waals surface area contributed by atoms with Gasteiger partial charge in [-0.1, -0.05) is 6.07 Å². The second kappa shape index (κ2) is 9.01. The van der Waals surface area contributed by atoms with Gasteiger partial charge in [-0.15, -0.1) is 11.3 Å². The first-order chi connectivity index (χ1) is 17.4. The number of nitrogens with one attached hydrogen (secondary N) is 1. The fourth-order valence-electron chi connectivity index (χ4n) is 5.66. The number of hydrogen-bond acceptors (Lipinski definition) is 6. The topological polar surface area (TPSA) is 82.6 Å². The van der Waals surface area contributed by atoms with Crippen molar-refractivity contribution in [3.05, 3.63) is 63.7 Å². The number of thiazole rings is 1. The molecule has 0 bridgehead atoms. The second-order valence-corrected chi connectivity index (χ2v) is 10.6. The smallest absolute Gasteiger partial charge is 0.255 e. The number of imide groups is 1. The van der Waals surface area contributed by atoms with E-state index in [2.05, 4.69) is 33.4 Å². The molecule has 0 spiro atoms. The van der Waals surface area contributed by atoms with Crippen LogP contribution in [0.25, 0.3) is 10.2 Å². The summed E-state index contributed by atoms with van der Waals surface area (Å²) in [6, 6.07) is 6.52. The Balaban J connectivity index is 1.17. The molecule has 10 heteroatoms. The lowest BCUT2D eigenvalue weighted by molar-refractivity contribution is -0.136. The SMILES string of the molecule is O=C1CCC(N2Cc3c(cc(F)c(C4CCN(Cc5ccc6scnc6c5)CC4)c3F)C2=O)C(=O)N1. The van der Waals surface area contributed by atoms with E-state index in [-0.39, 0.29) is 42.0 Å². The number of halogens is 2. The van der Waals surface area contributed by atoms with Gasteiger partial charge in [-0.05, 0) is 62.0 Å². The molecule has 3 aromatic rings. The van der Waals surface area contributed by atoms with E-state index in [1.54, 1.807) is 11.3 Å². The molecule has 7 nitrogen and oxygen atoms in total. The van der Waals surface area contributed by atoms with E-state index in [0.29, 0.717) is 25.9 Å². The van der Waals surface area contributed by atoms with E-state index in [0.717, 1.165) is 28.4 Å². The molecular weight excluding hydrogens is 486 g/mol. The number of piperidine rings is 2. The Morgan fingerprint density at radius 2 is 1.89 bits per heavy atom. The first kappa shape index (κ1) is 23.2. The van der Waals surface area contributed by atoms with Gasteiger partial charge in [-0.3, -0.25) is 24.6 Å². The molecule has 3 aliphatic rings. The van der Waals surface area contributed by atoms with Crippen molar-refractivity contribution in [1.29, 1.82) is 0 Å². The van der Waals surface area contributed by atoms with Crippen LogP contribution >= 0.6 is 11.3 Å². The summed E-state index contributed by atoms with van der Waals surface area (Å²) in [6.07, 6.45) is 1.50. The van der Waals surface area contributed by atoms with E-state index < -0.39 is 35.4 Å². The predicted molar refractivity (Wildman–Crippen MR) is 129 cm³/mol. The van der Waals surface area contributed by atoms with Crippen molar-refractivity contribution in [3.8, 4) is 0 Å². The molecule has 1 atom stereocenters. The van der Waals surface area contributed by atoms with Crippen LogP contribution in [-0.4, -0.2) is 51.6 Å². The number of carbonyl (C=O) groups excluding carboxylic acids is 3. The number of nitrogens with zero attached hydrogens (tertiary/aromatic N) is 3. The molecule has 4 heterocycles. The summed E-state index contributed by atoms with van der Waals surface area (Å²) in [6.45, 7) is 2.07. The molecule has 6 rings (SSSR count). The van der Waals surface area contributed by atoms with Crippen molar-refractivity contribution < 1.29 is 23.2 Å². The first-order valence-electron chi connectivity index (χ1n) is 12.1. The molecule has 0 saturated carbocycles. The molecule has 1 N–H and O–H groups in total. The Kier molecular flexibility index (Phi) is 5.80. The third-order valence-corrected chi connectivity index (χ3v) is 8.37. The average molecular weight is 511 g/mol. The van der Waals surface area contributed by atoms with Crippen LogP contribution in [0.1, 0.15) is 58.6 Å². The number of aromatic nitrogens is 1. The van der Waals surface area contributed by atoms with Gasteiger partial charge in [-0.2, -0.15) is 0 Å². The van der Waals surface area contributed by atoms with Gasteiger partial charge in [0.15, 0.2) is 0 Å². The molecule has 1 unspecified atom stereocenters. The lowest BCUT2D eigenvalue weighted by atomic mass is 9.86. The minimum atomic E-state index is -0.861. The van der Waals surface area contributed by atoms with Crippen molar-refractivity contribution in [2.75, 3.05) is 13.1 Å². The predicted octanol–water partition coefficient (Wildman–Crippen LogP) is 3.72. The summed E-state index contributed by atoms with van der Waals surface area (Å²) >= 11 is 1.61. The molecule has 0 radical (unpaired) electrons. The highest BCUT2D eigenvalue weighted by atomic mass is 32.1. The maximum absolute atomic E-state index is 15.7. The molecule has 0 aliphatic carbocycles. The Bertz CT molecular complexity index is 1400. The molecule has 3 amide bonds. The van der Waals surface area contributed by atoms with Gasteiger partial charge in [0, 0.05) is 24.1 Å². The summed E-state index contributed by atoms with van der Waals surface area (Å²) in [5.74, 6) is -3.22. The molecule has 2 aromatic carbocycles. The van der Waals surface area contributed by atoms with Crippen LogP contribution in [0, 0.1) is 11.6 Å². The third kappa shape index (κ3) is 3.98. The Labute approximate surface area is 210 Å². The Hall–Kier alpha value is -3.24. The minimum Gasteiger partial charge on any atom is -0.322 e. The highest BCUT2D eigenvalue weighted by Gasteiger charge is 2.42. The fourth-order valence-corrected chi connectivity index (χ4v) is 6.32. The van der Waals surface area contributed by atoms with Gasteiger partial charge in [0.25, 0.3) is 5.91 Å². The van der Waals surface area contributed by atoms with Crippen molar-refractivity contribution in [3.63, 3.8) is 0 Å². The molecule has 2 fully saturated rings. The van der Waals surface area contributed by atoms with Crippen LogP contribution in [0.2, 0.25) is 0 Å². The van der Waals surface area contributed by atoms with Crippen molar-refractivity contribution in [1.82, 2.24) is 20.1 Å². The normalized spacial score (nSPS) is 21.3. The quantitative estimate of drug-likeness (QED) is 0.541. The zero-order chi connectivity index (χ0) is 25.0. The van der Waals surface area contributed by atoms with Crippen molar-refractivity contribution in [2.45, 2.75) is 50.7 Å². The summed E-state index contributed by atoms with van der Waals surface area (Å²) in [7, 11) is 0. The van der Waals surface area contributed by atoms with Gasteiger partial charge in [-0.25, -0.2) is 13.8 Å². The number of amides is 3. The van der Waals surface area contributed by atoms with Crippen LogP contribution in [0.5, 0.6) is 0 Å². The molecule has 2 saturated heterocycles. The van der Waals surface area contributed by atoms with Crippen LogP contribution in [0.15, 0.2) is 29.8 Å². The number of likely N-dealkylation sites (tertiary alicyclic amines) is 1. The van der Waals surface area contributed by atoms with Crippen LogP contribution < -0.4 is 5.32 Å².